The smallest absolute Gasteiger partial charge is 0.257 e. The molecule has 2 N–H and O–H groups in total. The van der Waals surface area contributed by atoms with E-state index in [1.807, 2.05) is 0 Å². The summed E-state index contributed by atoms with van der Waals surface area (Å²) in [5, 5.41) is 7.37. The second kappa shape index (κ2) is 8.50. The van der Waals surface area contributed by atoms with Crippen molar-refractivity contribution in [2.75, 3.05) is 5.32 Å². The molecular formula is C19H15F2N3O2S. The lowest BCUT2D eigenvalue weighted by atomic mass is 10.2. The Kier molecular flexibility index (Phi) is 5.87. The number of nitrogens with one attached hydrogen (secondary N) is 2. The summed E-state index contributed by atoms with van der Waals surface area (Å²) in [6.07, 6.45) is 0.0596. The molecule has 0 saturated carbocycles. The highest BCUT2D eigenvalue weighted by Crippen LogP contribution is 2.17. The van der Waals surface area contributed by atoms with Crippen LogP contribution in [0.25, 0.3) is 0 Å². The van der Waals surface area contributed by atoms with Crippen molar-refractivity contribution in [3.05, 3.63) is 82.4 Å². The molecule has 1 heterocycles. The number of rotatable bonds is 6. The predicted molar refractivity (Wildman–Crippen MR) is 98.4 cm³/mol. The number of anilines is 1. The van der Waals surface area contributed by atoms with Gasteiger partial charge in [-0.2, -0.15) is 0 Å². The van der Waals surface area contributed by atoms with Crippen molar-refractivity contribution in [1.82, 2.24) is 10.3 Å². The largest absolute Gasteiger partial charge is 0.352 e. The van der Waals surface area contributed by atoms with E-state index in [4.69, 9.17) is 0 Å². The number of hydrogen-bond donors (Lipinski definition) is 2. The van der Waals surface area contributed by atoms with Crippen LogP contribution < -0.4 is 10.6 Å². The van der Waals surface area contributed by atoms with E-state index in [1.54, 1.807) is 17.5 Å². The normalized spacial score (nSPS) is 10.4. The molecule has 0 saturated heterocycles. The van der Waals surface area contributed by atoms with Crippen molar-refractivity contribution < 1.29 is 18.4 Å². The third kappa shape index (κ3) is 5.42. The fraction of sp³-hybridized carbons (Fsp3) is 0.105. The standard InChI is InChI=1S/C19H15F2N3O2S/c20-14-5-1-12(2-6-14)10-22-17(25)9-16-11-27-19(23-16)24-18(26)13-3-7-15(21)8-4-13/h1-8,11H,9-10H2,(H,22,25)(H,23,24,26). The van der Waals surface area contributed by atoms with Gasteiger partial charge in [0.15, 0.2) is 5.13 Å². The van der Waals surface area contributed by atoms with E-state index in [0.29, 0.717) is 16.4 Å². The van der Waals surface area contributed by atoms with Gasteiger partial charge in [0.05, 0.1) is 12.1 Å². The SMILES string of the molecule is O=C(Cc1csc(NC(=O)c2ccc(F)cc2)n1)NCc1ccc(F)cc1. The minimum absolute atomic E-state index is 0.0596. The average molecular weight is 387 g/mol. The lowest BCUT2D eigenvalue weighted by Gasteiger charge is -2.04. The summed E-state index contributed by atoms with van der Waals surface area (Å²) in [6, 6.07) is 11.0. The summed E-state index contributed by atoms with van der Waals surface area (Å²) in [5.41, 5.74) is 1.62. The Morgan fingerprint density at radius 1 is 0.963 bits per heavy atom. The molecule has 0 radical (unpaired) electrons. The first-order valence-electron chi connectivity index (χ1n) is 8.02. The third-order valence-corrected chi connectivity index (χ3v) is 4.43. The van der Waals surface area contributed by atoms with Gasteiger partial charge < -0.3 is 5.32 Å². The Bertz CT molecular complexity index is 940. The monoisotopic (exact) mass is 387 g/mol. The number of halogens is 2. The van der Waals surface area contributed by atoms with E-state index in [0.717, 1.165) is 5.56 Å². The minimum Gasteiger partial charge on any atom is -0.352 e. The number of thiazole rings is 1. The maximum absolute atomic E-state index is 12.9. The van der Waals surface area contributed by atoms with Crippen LogP contribution in [0.3, 0.4) is 0 Å². The van der Waals surface area contributed by atoms with Gasteiger partial charge in [-0.3, -0.25) is 14.9 Å². The Balaban J connectivity index is 1.51. The number of benzene rings is 2. The number of carbonyl (C=O) groups excluding carboxylic acids is 2. The lowest BCUT2D eigenvalue weighted by molar-refractivity contribution is -0.120. The summed E-state index contributed by atoms with van der Waals surface area (Å²) in [7, 11) is 0. The molecule has 0 unspecified atom stereocenters. The first-order chi connectivity index (χ1) is 13.0. The second-order valence-electron chi connectivity index (χ2n) is 5.68. The molecule has 0 aliphatic carbocycles. The third-order valence-electron chi connectivity index (χ3n) is 3.62. The minimum atomic E-state index is -0.422. The molecule has 138 valence electrons. The van der Waals surface area contributed by atoms with Crippen LogP contribution in [-0.2, 0) is 17.8 Å². The molecular weight excluding hydrogens is 372 g/mol. The van der Waals surface area contributed by atoms with Crippen molar-refractivity contribution in [3.63, 3.8) is 0 Å². The molecule has 0 aliphatic rings. The Morgan fingerprint density at radius 3 is 2.26 bits per heavy atom. The van der Waals surface area contributed by atoms with E-state index in [2.05, 4.69) is 15.6 Å². The first-order valence-corrected chi connectivity index (χ1v) is 8.90. The van der Waals surface area contributed by atoms with Crippen molar-refractivity contribution in [3.8, 4) is 0 Å². The molecule has 3 rings (SSSR count). The van der Waals surface area contributed by atoms with E-state index in [9.17, 15) is 18.4 Å². The van der Waals surface area contributed by atoms with Gasteiger partial charge in [0.2, 0.25) is 5.91 Å². The van der Waals surface area contributed by atoms with Gasteiger partial charge in [0.25, 0.3) is 5.91 Å². The highest BCUT2D eigenvalue weighted by atomic mass is 32.1. The van der Waals surface area contributed by atoms with Crippen LogP contribution in [0.4, 0.5) is 13.9 Å². The molecule has 1 aromatic heterocycles. The van der Waals surface area contributed by atoms with Crippen LogP contribution in [0.2, 0.25) is 0 Å². The highest BCUT2D eigenvalue weighted by molar-refractivity contribution is 7.14. The first kappa shape index (κ1) is 18.7. The molecule has 0 bridgehead atoms. The second-order valence-corrected chi connectivity index (χ2v) is 6.54. The summed E-state index contributed by atoms with van der Waals surface area (Å²) in [6.45, 7) is 0.289. The summed E-state index contributed by atoms with van der Waals surface area (Å²) < 4.78 is 25.7. The summed E-state index contributed by atoms with van der Waals surface area (Å²) in [4.78, 5) is 28.3. The maximum Gasteiger partial charge on any atom is 0.257 e. The van der Waals surface area contributed by atoms with Gasteiger partial charge in [-0.25, -0.2) is 13.8 Å². The zero-order chi connectivity index (χ0) is 19.2. The number of hydrogen-bond acceptors (Lipinski definition) is 4. The Labute approximate surface area is 158 Å². The number of amides is 2. The lowest BCUT2D eigenvalue weighted by Crippen LogP contribution is -2.24. The molecule has 0 aliphatic heterocycles. The van der Waals surface area contributed by atoms with Crippen LogP contribution in [0.5, 0.6) is 0 Å². The van der Waals surface area contributed by atoms with E-state index < -0.39 is 11.7 Å². The number of carbonyl (C=O) groups is 2. The molecule has 0 fully saturated rings. The fourth-order valence-corrected chi connectivity index (χ4v) is 2.95. The van der Waals surface area contributed by atoms with Crippen LogP contribution in [0.1, 0.15) is 21.6 Å². The molecule has 0 atom stereocenters. The Hall–Kier alpha value is -3.13. The zero-order valence-corrected chi connectivity index (χ0v) is 14.9. The van der Waals surface area contributed by atoms with Crippen LogP contribution >= 0.6 is 11.3 Å². The van der Waals surface area contributed by atoms with Gasteiger partial charge in [-0.05, 0) is 42.0 Å². The topological polar surface area (TPSA) is 71.1 Å². The quantitative estimate of drug-likeness (QED) is 0.680. The molecule has 2 aromatic carbocycles. The van der Waals surface area contributed by atoms with Gasteiger partial charge in [0, 0.05) is 17.5 Å². The van der Waals surface area contributed by atoms with Crippen molar-refractivity contribution in [2.24, 2.45) is 0 Å². The van der Waals surface area contributed by atoms with Crippen molar-refractivity contribution >= 4 is 28.3 Å². The maximum atomic E-state index is 12.9. The van der Waals surface area contributed by atoms with Crippen LogP contribution in [-0.4, -0.2) is 16.8 Å². The fourth-order valence-electron chi connectivity index (χ4n) is 2.25. The Morgan fingerprint density at radius 2 is 1.59 bits per heavy atom. The van der Waals surface area contributed by atoms with E-state index in [1.165, 1.54) is 47.7 Å². The molecule has 0 spiro atoms. The van der Waals surface area contributed by atoms with Crippen molar-refractivity contribution in [1.29, 1.82) is 0 Å². The van der Waals surface area contributed by atoms with Gasteiger partial charge in [0.1, 0.15) is 11.6 Å². The highest BCUT2D eigenvalue weighted by Gasteiger charge is 2.11. The predicted octanol–water partition coefficient (Wildman–Crippen LogP) is 3.53. The van der Waals surface area contributed by atoms with E-state index >= 15 is 0 Å². The summed E-state index contributed by atoms with van der Waals surface area (Å²) >= 11 is 1.19. The molecule has 5 nitrogen and oxygen atoms in total. The zero-order valence-electron chi connectivity index (χ0n) is 14.0. The van der Waals surface area contributed by atoms with Gasteiger partial charge in [-0.15, -0.1) is 11.3 Å². The summed E-state index contributed by atoms with van der Waals surface area (Å²) in [5.74, 6) is -1.39. The van der Waals surface area contributed by atoms with Gasteiger partial charge in [-0.1, -0.05) is 12.1 Å². The van der Waals surface area contributed by atoms with Crippen molar-refractivity contribution in [2.45, 2.75) is 13.0 Å². The van der Waals surface area contributed by atoms with Crippen LogP contribution in [0.15, 0.2) is 53.9 Å². The van der Waals surface area contributed by atoms with Crippen LogP contribution in [0, 0.1) is 11.6 Å². The number of nitrogens with zero attached hydrogens (tertiary/aromatic N) is 1. The molecule has 2 amide bonds. The van der Waals surface area contributed by atoms with E-state index in [-0.39, 0.29) is 24.7 Å². The molecule has 8 heteroatoms. The average Bonchev–Trinajstić information content (AvgIpc) is 3.08. The number of aromatic nitrogens is 1. The molecule has 3 aromatic rings. The molecule has 27 heavy (non-hydrogen) atoms. The van der Waals surface area contributed by atoms with Gasteiger partial charge >= 0.3 is 0 Å².